The van der Waals surface area contributed by atoms with Crippen molar-refractivity contribution in [3.8, 4) is 0 Å². The van der Waals surface area contributed by atoms with Crippen LogP contribution in [0.25, 0.3) is 43.2 Å². The predicted octanol–water partition coefficient (Wildman–Crippen LogP) is 4.94. The standard InChI is InChI=1S/C20H20N3OS/c1-10(2)19-18-16-17(23(5)9-21-20(16)25-19)15-11(3)12-6-7-22(4)13(12)8-14(15)24-18/h6-10H,1-5H3/q+1. The van der Waals surface area contributed by atoms with E-state index in [0.717, 1.165) is 21.4 Å². The van der Waals surface area contributed by atoms with Crippen LogP contribution in [0, 0.1) is 6.92 Å². The monoisotopic (exact) mass is 350 g/mol. The molecular formula is C20H20N3OS+. The average Bonchev–Trinajstić information content (AvgIpc) is 3.13. The lowest BCUT2D eigenvalue weighted by Gasteiger charge is -2.11. The summed E-state index contributed by atoms with van der Waals surface area (Å²) >= 11 is 1.75. The Morgan fingerprint density at radius 2 is 2.08 bits per heavy atom. The van der Waals surface area contributed by atoms with E-state index in [1.54, 1.807) is 11.3 Å². The van der Waals surface area contributed by atoms with Gasteiger partial charge in [-0.15, -0.1) is 11.3 Å². The van der Waals surface area contributed by atoms with E-state index >= 15 is 0 Å². The molecule has 4 aromatic heterocycles. The molecule has 0 aliphatic carbocycles. The lowest BCUT2D eigenvalue weighted by atomic mass is 10.0. The Morgan fingerprint density at radius 3 is 2.84 bits per heavy atom. The molecular weight excluding hydrogens is 330 g/mol. The Morgan fingerprint density at radius 1 is 1.28 bits per heavy atom. The molecule has 0 atom stereocenters. The first kappa shape index (κ1) is 14.9. The normalized spacial score (nSPS) is 12.6. The topological polar surface area (TPSA) is 34.8 Å². The molecule has 126 valence electrons. The van der Waals surface area contributed by atoms with Gasteiger partial charge in [0, 0.05) is 18.5 Å². The van der Waals surface area contributed by atoms with Gasteiger partial charge in [0.05, 0.1) is 33.6 Å². The average molecular weight is 350 g/mol. The van der Waals surface area contributed by atoms with Crippen LogP contribution in [0.2, 0.25) is 0 Å². The summed E-state index contributed by atoms with van der Waals surface area (Å²) in [4.78, 5) is 6.98. The maximum atomic E-state index is 6.49. The van der Waals surface area contributed by atoms with Gasteiger partial charge in [0.25, 0.3) is 0 Å². The lowest BCUT2D eigenvalue weighted by Crippen LogP contribution is -2.24. The van der Waals surface area contributed by atoms with Crippen LogP contribution in [-0.2, 0) is 14.1 Å². The van der Waals surface area contributed by atoms with Crippen LogP contribution in [-0.4, -0.2) is 9.55 Å². The third kappa shape index (κ3) is 1.82. The van der Waals surface area contributed by atoms with Crippen LogP contribution in [0.3, 0.4) is 0 Å². The first-order chi connectivity index (χ1) is 12.0. The minimum Gasteiger partial charge on any atom is -0.454 e. The number of hydrogen-bond donors (Lipinski definition) is 0. The molecule has 0 spiro atoms. The van der Waals surface area contributed by atoms with Gasteiger partial charge < -0.3 is 8.98 Å². The third-order valence-electron chi connectivity index (χ3n) is 5.20. The summed E-state index contributed by atoms with van der Waals surface area (Å²) in [6.45, 7) is 6.62. The van der Waals surface area contributed by atoms with E-state index in [-0.39, 0.29) is 0 Å². The molecule has 4 heterocycles. The molecule has 0 aliphatic rings. The quantitative estimate of drug-likeness (QED) is 0.317. The van der Waals surface area contributed by atoms with Crippen molar-refractivity contribution >= 4 is 54.5 Å². The van der Waals surface area contributed by atoms with E-state index in [0.29, 0.717) is 5.92 Å². The highest BCUT2D eigenvalue weighted by molar-refractivity contribution is 7.19. The highest BCUT2D eigenvalue weighted by atomic mass is 32.1. The number of benzene rings is 1. The van der Waals surface area contributed by atoms with E-state index < -0.39 is 0 Å². The van der Waals surface area contributed by atoms with E-state index in [1.807, 2.05) is 6.33 Å². The number of thiophene rings is 1. The van der Waals surface area contributed by atoms with Crippen molar-refractivity contribution in [2.75, 3.05) is 0 Å². The van der Waals surface area contributed by atoms with Gasteiger partial charge in [0.1, 0.15) is 17.5 Å². The first-order valence-electron chi connectivity index (χ1n) is 8.55. The molecule has 5 aromatic rings. The zero-order valence-electron chi connectivity index (χ0n) is 15.0. The summed E-state index contributed by atoms with van der Waals surface area (Å²) in [5, 5.41) is 3.62. The largest absolute Gasteiger partial charge is 0.454 e. The van der Waals surface area contributed by atoms with Crippen molar-refractivity contribution in [2.45, 2.75) is 26.7 Å². The highest BCUT2D eigenvalue weighted by Crippen LogP contribution is 2.43. The van der Waals surface area contributed by atoms with Gasteiger partial charge in [-0.1, -0.05) is 13.8 Å². The molecule has 25 heavy (non-hydrogen) atoms. The molecule has 0 saturated carbocycles. The van der Waals surface area contributed by atoms with Crippen LogP contribution in [0.5, 0.6) is 0 Å². The molecule has 0 bridgehead atoms. The van der Waals surface area contributed by atoms with Crippen molar-refractivity contribution in [3.63, 3.8) is 0 Å². The van der Waals surface area contributed by atoms with Crippen molar-refractivity contribution in [2.24, 2.45) is 14.1 Å². The molecule has 1 aromatic carbocycles. The van der Waals surface area contributed by atoms with Crippen LogP contribution >= 0.6 is 11.3 Å². The van der Waals surface area contributed by atoms with Crippen LogP contribution in [0.4, 0.5) is 0 Å². The number of rotatable bonds is 1. The van der Waals surface area contributed by atoms with Crippen molar-refractivity contribution in [1.29, 1.82) is 0 Å². The summed E-state index contributed by atoms with van der Waals surface area (Å²) in [7, 11) is 4.15. The van der Waals surface area contributed by atoms with Crippen molar-refractivity contribution < 1.29 is 8.98 Å². The molecule has 4 nitrogen and oxygen atoms in total. The fourth-order valence-electron chi connectivity index (χ4n) is 3.92. The molecule has 0 N–H and O–H groups in total. The van der Waals surface area contributed by atoms with Crippen LogP contribution < -0.4 is 4.57 Å². The Bertz CT molecular complexity index is 1300. The zero-order chi connectivity index (χ0) is 17.5. The van der Waals surface area contributed by atoms with Gasteiger partial charge >= 0.3 is 0 Å². The SMILES string of the molecule is Cc1c2cc[n+](C)c2cc2oc3c(C(C)C)sc4ncn(C)c(c12)c43. The number of hydrogen-bond acceptors (Lipinski definition) is 3. The Labute approximate surface area is 149 Å². The lowest BCUT2D eigenvalue weighted by molar-refractivity contribution is -0.642. The number of nitrogens with zero attached hydrogens (tertiary/aromatic N) is 3. The molecule has 0 radical (unpaired) electrons. The van der Waals surface area contributed by atoms with E-state index in [2.05, 4.69) is 67.3 Å². The van der Waals surface area contributed by atoms with E-state index in [4.69, 9.17) is 4.42 Å². The van der Waals surface area contributed by atoms with Crippen molar-refractivity contribution in [3.05, 3.63) is 35.1 Å². The summed E-state index contributed by atoms with van der Waals surface area (Å²) in [6, 6.07) is 4.36. The molecule has 5 rings (SSSR count). The molecule has 0 saturated heterocycles. The van der Waals surface area contributed by atoms with Crippen molar-refractivity contribution in [1.82, 2.24) is 9.55 Å². The van der Waals surface area contributed by atoms with E-state index in [1.165, 1.54) is 32.2 Å². The number of aryl methyl sites for hydroxylation is 3. The first-order valence-corrected chi connectivity index (χ1v) is 9.37. The van der Waals surface area contributed by atoms with Gasteiger partial charge in [-0.3, -0.25) is 0 Å². The van der Waals surface area contributed by atoms with Crippen LogP contribution in [0.1, 0.15) is 30.2 Å². The van der Waals surface area contributed by atoms with E-state index in [9.17, 15) is 0 Å². The van der Waals surface area contributed by atoms with Gasteiger partial charge in [-0.05, 0) is 18.4 Å². The fourth-order valence-corrected chi connectivity index (χ4v) is 4.99. The number of aromatic nitrogens is 3. The Hall–Kier alpha value is -2.40. The molecule has 0 fully saturated rings. The maximum absolute atomic E-state index is 6.49. The molecule has 0 aliphatic heterocycles. The fraction of sp³-hybridized carbons (Fsp3) is 0.300. The van der Waals surface area contributed by atoms with Crippen LogP contribution in [0.15, 0.2) is 29.1 Å². The summed E-state index contributed by atoms with van der Waals surface area (Å²) in [5.41, 5.74) is 5.62. The van der Waals surface area contributed by atoms with Gasteiger partial charge in [0.15, 0.2) is 11.8 Å². The minimum absolute atomic E-state index is 0.411. The third-order valence-corrected chi connectivity index (χ3v) is 6.58. The zero-order valence-corrected chi connectivity index (χ0v) is 15.9. The molecule has 0 unspecified atom stereocenters. The highest BCUT2D eigenvalue weighted by Gasteiger charge is 2.23. The second-order valence-electron chi connectivity index (χ2n) is 7.17. The summed E-state index contributed by atoms with van der Waals surface area (Å²) in [5.74, 6) is 0.411. The van der Waals surface area contributed by atoms with Gasteiger partial charge in [-0.25, -0.2) is 9.55 Å². The van der Waals surface area contributed by atoms with Gasteiger partial charge in [0.2, 0.25) is 5.52 Å². The second kappa shape index (κ2) is 4.82. The molecule has 5 heteroatoms. The smallest absolute Gasteiger partial charge is 0.216 e. The van der Waals surface area contributed by atoms with Gasteiger partial charge in [-0.2, -0.15) is 0 Å². The Kier molecular flexibility index (Phi) is 2.87. The minimum atomic E-state index is 0.411. The molecule has 0 amide bonds. The summed E-state index contributed by atoms with van der Waals surface area (Å²) in [6.07, 6.45) is 4.03. The summed E-state index contributed by atoms with van der Waals surface area (Å²) < 4.78 is 10.8. The predicted molar refractivity (Wildman–Crippen MR) is 103 cm³/mol. The Balaban J connectivity index is 2.14. The second-order valence-corrected chi connectivity index (χ2v) is 8.20. The number of fused-ring (bicyclic) bond motifs is 3. The maximum Gasteiger partial charge on any atom is 0.216 e.